The van der Waals surface area contributed by atoms with Crippen LogP contribution < -0.4 is 19.5 Å². The van der Waals surface area contributed by atoms with E-state index in [1.54, 1.807) is 12.1 Å². The summed E-state index contributed by atoms with van der Waals surface area (Å²) in [6, 6.07) is 12.8. The van der Waals surface area contributed by atoms with E-state index < -0.39 is 0 Å². The molecule has 8 heteroatoms. The summed E-state index contributed by atoms with van der Waals surface area (Å²) in [6.07, 6.45) is 0.785. The van der Waals surface area contributed by atoms with Gasteiger partial charge in [0.2, 0.25) is 5.75 Å². The number of thiophene rings is 1. The van der Waals surface area contributed by atoms with Crippen LogP contribution in [0.3, 0.4) is 0 Å². The van der Waals surface area contributed by atoms with Crippen LogP contribution in [0.15, 0.2) is 47.8 Å². The SMILES string of the molecule is COc1cc(C(=O)Nc2ccc3c(c2)CN(C(=O)c2cccs2)CC3)cc(OC)c1OC. The molecular formula is C24H24N2O5S. The summed E-state index contributed by atoms with van der Waals surface area (Å²) in [7, 11) is 4.52. The van der Waals surface area contributed by atoms with Crippen LogP contribution in [-0.4, -0.2) is 44.6 Å². The van der Waals surface area contributed by atoms with Gasteiger partial charge >= 0.3 is 0 Å². The molecule has 0 saturated heterocycles. The second-order valence-corrected chi connectivity index (χ2v) is 8.25. The van der Waals surface area contributed by atoms with Crippen LogP contribution >= 0.6 is 11.3 Å². The van der Waals surface area contributed by atoms with E-state index in [-0.39, 0.29) is 11.8 Å². The predicted molar refractivity (Wildman–Crippen MR) is 123 cm³/mol. The van der Waals surface area contributed by atoms with Gasteiger partial charge in [0.25, 0.3) is 11.8 Å². The quantitative estimate of drug-likeness (QED) is 0.606. The van der Waals surface area contributed by atoms with E-state index in [0.717, 1.165) is 16.9 Å². The zero-order valence-electron chi connectivity index (χ0n) is 18.1. The molecule has 0 bridgehead atoms. The molecule has 2 heterocycles. The van der Waals surface area contributed by atoms with E-state index >= 15 is 0 Å². The Labute approximate surface area is 190 Å². The zero-order chi connectivity index (χ0) is 22.7. The minimum absolute atomic E-state index is 0.0394. The number of ether oxygens (including phenoxy) is 3. The third kappa shape index (κ3) is 4.27. The Morgan fingerprint density at radius 1 is 0.969 bits per heavy atom. The average molecular weight is 453 g/mol. The number of hydrogen-bond donors (Lipinski definition) is 1. The fourth-order valence-corrected chi connectivity index (χ4v) is 4.47. The van der Waals surface area contributed by atoms with Gasteiger partial charge in [-0.25, -0.2) is 0 Å². The number of hydrogen-bond acceptors (Lipinski definition) is 6. The van der Waals surface area contributed by atoms with Gasteiger partial charge < -0.3 is 24.4 Å². The van der Waals surface area contributed by atoms with Crippen LogP contribution in [0.2, 0.25) is 0 Å². The van der Waals surface area contributed by atoms with Crippen LogP contribution in [0.4, 0.5) is 5.69 Å². The Balaban J connectivity index is 1.53. The lowest BCUT2D eigenvalue weighted by Gasteiger charge is -2.29. The summed E-state index contributed by atoms with van der Waals surface area (Å²) >= 11 is 1.45. The summed E-state index contributed by atoms with van der Waals surface area (Å²) in [5.74, 6) is 0.982. The number of nitrogens with zero attached hydrogens (tertiary/aromatic N) is 1. The summed E-state index contributed by atoms with van der Waals surface area (Å²) in [5, 5.41) is 4.83. The lowest BCUT2D eigenvalue weighted by atomic mass is 9.98. The Hall–Kier alpha value is -3.52. The molecule has 0 radical (unpaired) electrons. The van der Waals surface area contributed by atoms with Crippen LogP contribution in [0.25, 0.3) is 0 Å². The van der Waals surface area contributed by atoms with Gasteiger partial charge in [0.15, 0.2) is 11.5 Å². The Morgan fingerprint density at radius 3 is 2.34 bits per heavy atom. The van der Waals surface area contributed by atoms with Gasteiger partial charge in [0.05, 0.1) is 26.2 Å². The number of carbonyl (C=O) groups excluding carboxylic acids is 2. The number of methoxy groups -OCH3 is 3. The lowest BCUT2D eigenvalue weighted by Crippen LogP contribution is -2.35. The van der Waals surface area contributed by atoms with E-state index in [9.17, 15) is 9.59 Å². The van der Waals surface area contributed by atoms with Crippen LogP contribution in [0.1, 0.15) is 31.2 Å². The molecule has 2 amide bonds. The molecule has 0 saturated carbocycles. The monoisotopic (exact) mass is 452 g/mol. The van der Waals surface area contributed by atoms with Crippen molar-refractivity contribution in [1.29, 1.82) is 0 Å². The highest BCUT2D eigenvalue weighted by Gasteiger charge is 2.23. The predicted octanol–water partition coefficient (Wildman–Crippen LogP) is 4.22. The molecule has 32 heavy (non-hydrogen) atoms. The first kappa shape index (κ1) is 21.7. The van der Waals surface area contributed by atoms with Gasteiger partial charge in [-0.1, -0.05) is 12.1 Å². The molecule has 1 aromatic heterocycles. The second kappa shape index (κ2) is 9.32. The number of anilines is 1. The first-order chi connectivity index (χ1) is 15.5. The average Bonchev–Trinajstić information content (AvgIpc) is 3.37. The minimum Gasteiger partial charge on any atom is -0.493 e. The molecule has 0 aliphatic carbocycles. The molecule has 0 unspecified atom stereocenters. The molecule has 0 spiro atoms. The first-order valence-electron chi connectivity index (χ1n) is 10.1. The minimum atomic E-state index is -0.300. The number of fused-ring (bicyclic) bond motifs is 1. The molecule has 7 nitrogen and oxygen atoms in total. The number of carbonyl (C=O) groups is 2. The van der Waals surface area contributed by atoms with Crippen molar-refractivity contribution in [3.63, 3.8) is 0 Å². The number of rotatable bonds is 6. The zero-order valence-corrected chi connectivity index (χ0v) is 19.0. The standard InChI is InChI=1S/C24H24N2O5S/c1-29-19-12-16(13-20(30-2)22(19)31-3)23(27)25-18-7-6-15-8-9-26(14-17(15)11-18)24(28)21-5-4-10-32-21/h4-7,10-13H,8-9,14H2,1-3H3,(H,25,27). The summed E-state index contributed by atoms with van der Waals surface area (Å²) in [4.78, 5) is 28.2. The van der Waals surface area contributed by atoms with Crippen LogP contribution in [0.5, 0.6) is 17.2 Å². The molecule has 4 rings (SSSR count). The number of nitrogens with one attached hydrogen (secondary N) is 1. The molecule has 0 atom stereocenters. The summed E-state index contributed by atoms with van der Waals surface area (Å²) in [6.45, 7) is 1.20. The highest BCUT2D eigenvalue weighted by molar-refractivity contribution is 7.12. The fraction of sp³-hybridized carbons (Fsp3) is 0.250. The normalized spacial score (nSPS) is 12.7. The molecule has 1 N–H and O–H groups in total. The molecule has 1 aliphatic heterocycles. The van der Waals surface area contributed by atoms with Crippen LogP contribution in [0, 0.1) is 0 Å². The smallest absolute Gasteiger partial charge is 0.264 e. The van der Waals surface area contributed by atoms with Crippen molar-refractivity contribution in [3.8, 4) is 17.2 Å². The molecule has 0 fully saturated rings. The molecule has 166 valence electrons. The largest absolute Gasteiger partial charge is 0.493 e. The Morgan fingerprint density at radius 2 is 1.72 bits per heavy atom. The van der Waals surface area contributed by atoms with Crippen molar-refractivity contribution in [2.45, 2.75) is 13.0 Å². The van der Waals surface area contributed by atoms with Crippen molar-refractivity contribution in [2.75, 3.05) is 33.2 Å². The van der Waals surface area contributed by atoms with Gasteiger partial charge in [-0.3, -0.25) is 9.59 Å². The van der Waals surface area contributed by atoms with E-state index in [2.05, 4.69) is 5.32 Å². The third-order valence-corrected chi connectivity index (χ3v) is 6.28. The van der Waals surface area contributed by atoms with Gasteiger partial charge in [-0.15, -0.1) is 11.3 Å². The van der Waals surface area contributed by atoms with E-state index in [4.69, 9.17) is 14.2 Å². The third-order valence-electron chi connectivity index (χ3n) is 5.42. The van der Waals surface area contributed by atoms with E-state index in [1.807, 2.05) is 40.6 Å². The van der Waals surface area contributed by atoms with Crippen molar-refractivity contribution < 1.29 is 23.8 Å². The highest BCUT2D eigenvalue weighted by atomic mass is 32.1. The summed E-state index contributed by atoms with van der Waals surface area (Å²) < 4.78 is 16.0. The lowest BCUT2D eigenvalue weighted by molar-refractivity contribution is 0.0739. The Kier molecular flexibility index (Phi) is 6.32. The molecular weight excluding hydrogens is 428 g/mol. The molecule has 2 aromatic carbocycles. The van der Waals surface area contributed by atoms with Crippen molar-refractivity contribution >= 4 is 28.8 Å². The highest BCUT2D eigenvalue weighted by Crippen LogP contribution is 2.38. The van der Waals surface area contributed by atoms with Gasteiger partial charge in [0.1, 0.15) is 0 Å². The Bertz CT molecular complexity index is 1120. The maximum absolute atomic E-state index is 12.9. The van der Waals surface area contributed by atoms with Gasteiger partial charge in [-0.05, 0) is 53.3 Å². The van der Waals surface area contributed by atoms with Crippen molar-refractivity contribution in [3.05, 3.63) is 69.4 Å². The van der Waals surface area contributed by atoms with E-state index in [0.29, 0.717) is 41.6 Å². The fourth-order valence-electron chi connectivity index (χ4n) is 3.78. The maximum atomic E-state index is 12.9. The van der Waals surface area contributed by atoms with Gasteiger partial charge in [0, 0.05) is 24.3 Å². The van der Waals surface area contributed by atoms with Crippen LogP contribution in [-0.2, 0) is 13.0 Å². The topological polar surface area (TPSA) is 77.1 Å². The summed E-state index contributed by atoms with van der Waals surface area (Å²) in [5.41, 5.74) is 3.26. The number of amides is 2. The van der Waals surface area contributed by atoms with Gasteiger partial charge in [-0.2, -0.15) is 0 Å². The maximum Gasteiger partial charge on any atom is 0.264 e. The first-order valence-corrected chi connectivity index (χ1v) is 11.0. The molecule has 3 aromatic rings. The van der Waals surface area contributed by atoms with E-state index in [1.165, 1.54) is 38.2 Å². The number of benzene rings is 2. The van der Waals surface area contributed by atoms with Crippen molar-refractivity contribution in [1.82, 2.24) is 4.90 Å². The second-order valence-electron chi connectivity index (χ2n) is 7.31. The molecule has 1 aliphatic rings. The van der Waals surface area contributed by atoms with Crippen molar-refractivity contribution in [2.24, 2.45) is 0 Å².